The van der Waals surface area contributed by atoms with E-state index in [1.54, 1.807) is 12.1 Å². The highest BCUT2D eigenvalue weighted by Crippen LogP contribution is 2.30. The van der Waals surface area contributed by atoms with Crippen LogP contribution in [0, 0.1) is 5.82 Å². The Kier molecular flexibility index (Phi) is 4.78. The minimum absolute atomic E-state index is 0.0468. The third-order valence-corrected chi connectivity index (χ3v) is 4.77. The Morgan fingerprint density at radius 3 is 2.73 bits per heavy atom. The molecule has 4 heteroatoms. The number of hydrogen-bond acceptors (Lipinski definition) is 3. The standard InChI is InChI=1S/C22H21FN2O/c1-25(22-21-5-3-2-4-18(21)10-11-26-22)15-16-12-19(14-24-13-16)17-6-8-20(23)9-7-17/h2-9,12-14,22H,10-11,15H2,1H3. The van der Waals surface area contributed by atoms with Gasteiger partial charge in [0.2, 0.25) is 0 Å². The highest BCUT2D eigenvalue weighted by molar-refractivity contribution is 5.62. The summed E-state index contributed by atoms with van der Waals surface area (Å²) >= 11 is 0. The van der Waals surface area contributed by atoms with Crippen molar-refractivity contribution in [2.75, 3.05) is 13.7 Å². The van der Waals surface area contributed by atoms with Gasteiger partial charge in [-0.3, -0.25) is 9.88 Å². The number of halogens is 1. The molecule has 1 atom stereocenters. The van der Waals surface area contributed by atoms with E-state index >= 15 is 0 Å². The zero-order valence-electron chi connectivity index (χ0n) is 14.7. The third-order valence-electron chi connectivity index (χ3n) is 4.77. The molecule has 0 radical (unpaired) electrons. The maximum Gasteiger partial charge on any atom is 0.137 e. The second-order valence-electron chi connectivity index (χ2n) is 6.68. The van der Waals surface area contributed by atoms with Gasteiger partial charge in [0.15, 0.2) is 0 Å². The van der Waals surface area contributed by atoms with Crippen LogP contribution in [0.4, 0.5) is 4.39 Å². The molecule has 2 aromatic carbocycles. The van der Waals surface area contributed by atoms with Crippen molar-refractivity contribution in [3.8, 4) is 11.1 Å². The molecule has 3 nitrogen and oxygen atoms in total. The molecule has 0 saturated carbocycles. The van der Waals surface area contributed by atoms with Crippen molar-refractivity contribution in [2.45, 2.75) is 19.2 Å². The van der Waals surface area contributed by atoms with Crippen molar-refractivity contribution in [1.82, 2.24) is 9.88 Å². The number of aromatic nitrogens is 1. The molecule has 132 valence electrons. The van der Waals surface area contributed by atoms with Crippen LogP contribution in [0.1, 0.15) is 22.9 Å². The van der Waals surface area contributed by atoms with Crippen LogP contribution in [0.25, 0.3) is 11.1 Å². The lowest BCUT2D eigenvalue weighted by Gasteiger charge is -2.33. The Bertz CT molecular complexity index is 895. The van der Waals surface area contributed by atoms with Crippen LogP contribution in [0.2, 0.25) is 0 Å². The summed E-state index contributed by atoms with van der Waals surface area (Å²) in [5, 5.41) is 0. The Balaban J connectivity index is 1.54. The molecule has 0 saturated heterocycles. The number of rotatable bonds is 4. The van der Waals surface area contributed by atoms with Crippen molar-refractivity contribution in [2.24, 2.45) is 0 Å². The first-order valence-electron chi connectivity index (χ1n) is 8.80. The van der Waals surface area contributed by atoms with E-state index in [0.29, 0.717) is 0 Å². The largest absolute Gasteiger partial charge is 0.358 e. The maximum atomic E-state index is 13.1. The molecule has 0 N–H and O–H groups in total. The fourth-order valence-corrected chi connectivity index (χ4v) is 3.48. The molecule has 0 amide bonds. The van der Waals surface area contributed by atoms with Gasteiger partial charge in [-0.1, -0.05) is 36.4 Å². The van der Waals surface area contributed by atoms with E-state index in [1.807, 2.05) is 12.4 Å². The first-order valence-corrected chi connectivity index (χ1v) is 8.80. The topological polar surface area (TPSA) is 25.4 Å². The molecule has 0 fully saturated rings. The maximum absolute atomic E-state index is 13.1. The molecule has 1 unspecified atom stereocenters. The summed E-state index contributed by atoms with van der Waals surface area (Å²) in [5.41, 5.74) is 5.64. The number of nitrogens with zero attached hydrogens (tertiary/aromatic N) is 2. The Labute approximate surface area is 153 Å². The zero-order valence-corrected chi connectivity index (χ0v) is 14.7. The van der Waals surface area contributed by atoms with Crippen LogP contribution in [0.5, 0.6) is 0 Å². The summed E-state index contributed by atoms with van der Waals surface area (Å²) in [4.78, 5) is 6.56. The van der Waals surface area contributed by atoms with Gasteiger partial charge in [-0.05, 0) is 53.9 Å². The number of benzene rings is 2. The van der Waals surface area contributed by atoms with Gasteiger partial charge in [0.1, 0.15) is 12.0 Å². The summed E-state index contributed by atoms with van der Waals surface area (Å²) in [5.74, 6) is -0.231. The van der Waals surface area contributed by atoms with E-state index in [2.05, 4.69) is 47.3 Å². The minimum Gasteiger partial charge on any atom is -0.358 e. The average Bonchev–Trinajstić information content (AvgIpc) is 2.68. The monoisotopic (exact) mass is 348 g/mol. The first-order chi connectivity index (χ1) is 12.7. The molecule has 0 spiro atoms. The summed E-state index contributed by atoms with van der Waals surface area (Å²) < 4.78 is 19.2. The Hall–Kier alpha value is -2.56. The SMILES string of the molecule is CN(Cc1cncc(-c2ccc(F)cc2)c1)C1OCCc2ccccc21. The van der Waals surface area contributed by atoms with Crippen LogP contribution >= 0.6 is 0 Å². The predicted molar refractivity (Wildman–Crippen MR) is 99.9 cm³/mol. The summed E-state index contributed by atoms with van der Waals surface area (Å²) in [6.07, 6.45) is 4.60. The fourth-order valence-electron chi connectivity index (χ4n) is 3.48. The first kappa shape index (κ1) is 16.9. The normalized spacial score (nSPS) is 16.5. The van der Waals surface area contributed by atoms with Crippen LogP contribution in [-0.2, 0) is 17.7 Å². The highest BCUT2D eigenvalue weighted by Gasteiger charge is 2.24. The van der Waals surface area contributed by atoms with Gasteiger partial charge in [0, 0.05) is 24.5 Å². The number of ether oxygens (including phenoxy) is 1. The van der Waals surface area contributed by atoms with E-state index in [4.69, 9.17) is 4.74 Å². The minimum atomic E-state index is -0.231. The van der Waals surface area contributed by atoms with Crippen molar-refractivity contribution in [1.29, 1.82) is 0 Å². The lowest BCUT2D eigenvalue weighted by molar-refractivity contribution is -0.0625. The van der Waals surface area contributed by atoms with E-state index in [9.17, 15) is 4.39 Å². The Morgan fingerprint density at radius 1 is 1.08 bits per heavy atom. The number of hydrogen-bond donors (Lipinski definition) is 0. The second kappa shape index (κ2) is 7.36. The fraction of sp³-hybridized carbons (Fsp3) is 0.227. The molecule has 1 aliphatic rings. The molecule has 2 heterocycles. The Morgan fingerprint density at radius 2 is 1.88 bits per heavy atom. The van der Waals surface area contributed by atoms with Gasteiger partial charge in [0.25, 0.3) is 0 Å². The molecule has 1 aromatic heterocycles. The van der Waals surface area contributed by atoms with E-state index in [1.165, 1.54) is 23.3 Å². The molecule has 1 aliphatic heterocycles. The zero-order chi connectivity index (χ0) is 17.9. The summed E-state index contributed by atoms with van der Waals surface area (Å²) in [7, 11) is 2.07. The molecular weight excluding hydrogens is 327 g/mol. The lowest BCUT2D eigenvalue weighted by Crippen LogP contribution is -2.30. The predicted octanol–water partition coefficient (Wildman–Crippen LogP) is 4.59. The quantitative estimate of drug-likeness (QED) is 0.689. The van der Waals surface area contributed by atoms with Crippen LogP contribution < -0.4 is 0 Å². The van der Waals surface area contributed by atoms with E-state index in [-0.39, 0.29) is 12.0 Å². The summed E-state index contributed by atoms with van der Waals surface area (Å²) in [6.45, 7) is 1.46. The molecule has 3 aromatic rings. The average molecular weight is 348 g/mol. The second-order valence-corrected chi connectivity index (χ2v) is 6.68. The van der Waals surface area contributed by atoms with Crippen molar-refractivity contribution in [3.05, 3.63) is 89.5 Å². The lowest BCUT2D eigenvalue weighted by atomic mass is 10.0. The van der Waals surface area contributed by atoms with Gasteiger partial charge in [-0.25, -0.2) is 4.39 Å². The molecular formula is C22H21FN2O. The molecule has 4 rings (SSSR count). The number of fused-ring (bicyclic) bond motifs is 1. The van der Waals surface area contributed by atoms with E-state index < -0.39 is 0 Å². The van der Waals surface area contributed by atoms with Crippen LogP contribution in [0.3, 0.4) is 0 Å². The molecule has 26 heavy (non-hydrogen) atoms. The number of pyridine rings is 1. The van der Waals surface area contributed by atoms with Crippen molar-refractivity contribution in [3.63, 3.8) is 0 Å². The van der Waals surface area contributed by atoms with Gasteiger partial charge in [-0.15, -0.1) is 0 Å². The summed E-state index contributed by atoms with van der Waals surface area (Å²) in [6, 6.07) is 17.1. The van der Waals surface area contributed by atoms with Crippen LogP contribution in [-0.4, -0.2) is 23.5 Å². The third kappa shape index (κ3) is 3.52. The van der Waals surface area contributed by atoms with Crippen LogP contribution in [0.15, 0.2) is 67.0 Å². The highest BCUT2D eigenvalue weighted by atomic mass is 19.1. The van der Waals surface area contributed by atoms with Crippen molar-refractivity contribution < 1.29 is 9.13 Å². The van der Waals surface area contributed by atoms with Gasteiger partial charge >= 0.3 is 0 Å². The smallest absolute Gasteiger partial charge is 0.137 e. The van der Waals surface area contributed by atoms with Gasteiger partial charge in [0.05, 0.1) is 6.61 Å². The van der Waals surface area contributed by atoms with E-state index in [0.717, 1.165) is 36.3 Å². The molecule has 0 aliphatic carbocycles. The van der Waals surface area contributed by atoms with Gasteiger partial charge in [-0.2, -0.15) is 0 Å². The van der Waals surface area contributed by atoms with Gasteiger partial charge < -0.3 is 4.74 Å². The van der Waals surface area contributed by atoms with Crippen molar-refractivity contribution >= 4 is 0 Å². The molecule has 0 bridgehead atoms.